The molecule has 1 rings (SSSR count). The fourth-order valence-electron chi connectivity index (χ4n) is 2.52. The van der Waals surface area contributed by atoms with Gasteiger partial charge in [-0.25, -0.2) is 8.42 Å². The maximum absolute atomic E-state index is 12.0. The Morgan fingerprint density at radius 2 is 2.11 bits per heavy atom. The first-order valence-corrected chi connectivity index (χ1v) is 10.0. The van der Waals surface area contributed by atoms with Crippen molar-refractivity contribution in [3.05, 3.63) is 0 Å². The zero-order chi connectivity index (χ0) is 14.7. The van der Waals surface area contributed by atoms with Crippen LogP contribution in [0.15, 0.2) is 0 Å². The lowest BCUT2D eigenvalue weighted by molar-refractivity contribution is 0.0915. The Morgan fingerprint density at radius 1 is 1.47 bits per heavy atom. The highest BCUT2D eigenvalue weighted by molar-refractivity contribution is 8.00. The minimum absolute atomic E-state index is 0.209. The average molecular weight is 309 g/mol. The molecule has 0 aromatic rings. The van der Waals surface area contributed by atoms with Crippen LogP contribution in [0, 0.1) is 5.92 Å². The largest absolute Gasteiger partial charge is 0.329 e. The first-order chi connectivity index (χ1) is 8.70. The summed E-state index contributed by atoms with van der Waals surface area (Å²) < 4.78 is 24.0. The van der Waals surface area contributed by atoms with Crippen LogP contribution in [-0.4, -0.2) is 55.1 Å². The maximum atomic E-state index is 12.0. The molecule has 114 valence electrons. The molecular weight excluding hydrogens is 280 g/mol. The van der Waals surface area contributed by atoms with Crippen LogP contribution >= 0.6 is 11.8 Å². The lowest BCUT2D eigenvalue weighted by atomic mass is 9.90. The van der Waals surface area contributed by atoms with Crippen molar-refractivity contribution in [3.63, 3.8) is 0 Å². The van der Waals surface area contributed by atoms with Gasteiger partial charge in [0.2, 0.25) is 0 Å². The highest BCUT2D eigenvalue weighted by atomic mass is 32.2. The molecule has 0 aromatic heterocycles. The number of nitrogens with zero attached hydrogens (tertiary/aromatic N) is 1. The van der Waals surface area contributed by atoms with Crippen LogP contribution < -0.4 is 5.73 Å². The van der Waals surface area contributed by atoms with Gasteiger partial charge in [0.25, 0.3) is 0 Å². The van der Waals surface area contributed by atoms with Crippen LogP contribution in [-0.2, 0) is 9.84 Å². The first-order valence-electron chi connectivity index (χ1n) is 6.94. The van der Waals surface area contributed by atoms with Crippen LogP contribution in [0.5, 0.6) is 0 Å². The monoisotopic (exact) mass is 308 g/mol. The van der Waals surface area contributed by atoms with E-state index in [9.17, 15) is 8.42 Å². The Labute approximate surface area is 122 Å². The van der Waals surface area contributed by atoms with Crippen LogP contribution in [0.3, 0.4) is 0 Å². The molecule has 2 N–H and O–H groups in total. The van der Waals surface area contributed by atoms with Crippen molar-refractivity contribution in [2.45, 2.75) is 44.5 Å². The lowest BCUT2D eigenvalue weighted by Crippen LogP contribution is -2.61. The standard InChI is InChI=1S/C13H28N2O2S2/c1-11(2)5-6-13(3,10-14)15-7-8-18-9-12(15)19(4,16)17/h11-12H,5-10,14H2,1-4H3. The average Bonchev–Trinajstić information content (AvgIpc) is 2.35. The molecule has 0 aromatic carbocycles. The van der Waals surface area contributed by atoms with E-state index in [1.54, 1.807) is 11.8 Å². The van der Waals surface area contributed by atoms with Crippen LogP contribution in [0.1, 0.15) is 33.6 Å². The van der Waals surface area contributed by atoms with Crippen molar-refractivity contribution < 1.29 is 8.42 Å². The predicted molar refractivity (Wildman–Crippen MR) is 84.2 cm³/mol. The second kappa shape index (κ2) is 6.78. The quantitative estimate of drug-likeness (QED) is 0.807. The van der Waals surface area contributed by atoms with Gasteiger partial charge in [-0.2, -0.15) is 11.8 Å². The second-order valence-corrected chi connectivity index (χ2v) is 9.54. The van der Waals surface area contributed by atoms with Gasteiger partial charge in [0.15, 0.2) is 9.84 Å². The highest BCUT2D eigenvalue weighted by Crippen LogP contribution is 2.31. The molecule has 1 heterocycles. The summed E-state index contributed by atoms with van der Waals surface area (Å²) in [7, 11) is -3.06. The van der Waals surface area contributed by atoms with Gasteiger partial charge < -0.3 is 5.73 Å². The third kappa shape index (κ3) is 4.62. The number of nitrogens with two attached hydrogens (primary N) is 1. The fraction of sp³-hybridized carbons (Fsp3) is 1.00. The zero-order valence-electron chi connectivity index (χ0n) is 12.6. The van der Waals surface area contributed by atoms with E-state index in [1.165, 1.54) is 6.26 Å². The summed E-state index contributed by atoms with van der Waals surface area (Å²) in [5.41, 5.74) is 5.78. The van der Waals surface area contributed by atoms with Gasteiger partial charge in [0, 0.05) is 36.4 Å². The Balaban J connectivity index is 2.92. The van der Waals surface area contributed by atoms with Gasteiger partial charge in [-0.05, 0) is 25.7 Å². The van der Waals surface area contributed by atoms with E-state index >= 15 is 0 Å². The molecule has 4 nitrogen and oxygen atoms in total. The van der Waals surface area contributed by atoms with E-state index in [-0.39, 0.29) is 10.9 Å². The Hall–Kier alpha value is 0.220. The van der Waals surface area contributed by atoms with Gasteiger partial charge in [-0.15, -0.1) is 0 Å². The molecule has 1 fully saturated rings. The zero-order valence-corrected chi connectivity index (χ0v) is 14.2. The molecule has 19 heavy (non-hydrogen) atoms. The van der Waals surface area contributed by atoms with Gasteiger partial charge >= 0.3 is 0 Å². The lowest BCUT2D eigenvalue weighted by Gasteiger charge is -2.47. The smallest absolute Gasteiger partial charge is 0.164 e. The number of sulfone groups is 1. The third-order valence-corrected chi connectivity index (χ3v) is 6.62. The minimum atomic E-state index is -3.06. The van der Waals surface area contributed by atoms with Crippen molar-refractivity contribution in [1.29, 1.82) is 0 Å². The normalized spacial score (nSPS) is 25.5. The van der Waals surface area contributed by atoms with Crippen molar-refractivity contribution in [3.8, 4) is 0 Å². The molecule has 2 atom stereocenters. The molecule has 2 unspecified atom stereocenters. The summed E-state index contributed by atoms with van der Waals surface area (Å²) in [6.45, 7) is 7.82. The van der Waals surface area contributed by atoms with Crippen molar-refractivity contribution >= 4 is 21.6 Å². The summed E-state index contributed by atoms with van der Waals surface area (Å²) in [6, 6.07) is 0. The summed E-state index contributed by atoms with van der Waals surface area (Å²) in [6.07, 6.45) is 3.38. The molecule has 0 spiro atoms. The van der Waals surface area contributed by atoms with E-state index in [1.807, 2.05) is 0 Å². The van der Waals surface area contributed by atoms with Gasteiger partial charge in [0.1, 0.15) is 5.37 Å². The SMILES string of the molecule is CC(C)CCC(C)(CN)N1CCSCC1S(C)(=O)=O. The summed E-state index contributed by atoms with van der Waals surface area (Å²) in [5.74, 6) is 2.26. The van der Waals surface area contributed by atoms with E-state index < -0.39 is 9.84 Å². The van der Waals surface area contributed by atoms with Crippen molar-refractivity contribution in [1.82, 2.24) is 4.90 Å². The maximum Gasteiger partial charge on any atom is 0.164 e. The van der Waals surface area contributed by atoms with E-state index in [4.69, 9.17) is 5.73 Å². The van der Waals surface area contributed by atoms with Crippen LogP contribution in [0.25, 0.3) is 0 Å². The minimum Gasteiger partial charge on any atom is -0.329 e. The molecule has 1 saturated heterocycles. The van der Waals surface area contributed by atoms with Crippen LogP contribution in [0.2, 0.25) is 0 Å². The fourth-order valence-corrected chi connectivity index (χ4v) is 5.49. The Morgan fingerprint density at radius 3 is 2.58 bits per heavy atom. The molecule has 0 amide bonds. The number of hydrogen-bond donors (Lipinski definition) is 1. The van der Waals surface area contributed by atoms with Gasteiger partial charge in [-0.1, -0.05) is 13.8 Å². The first kappa shape index (κ1) is 17.3. The van der Waals surface area contributed by atoms with Gasteiger partial charge in [0.05, 0.1) is 0 Å². The molecule has 1 aliphatic heterocycles. The third-order valence-electron chi connectivity index (χ3n) is 3.97. The van der Waals surface area contributed by atoms with E-state index in [0.29, 0.717) is 18.2 Å². The summed E-state index contributed by atoms with van der Waals surface area (Å²) in [5, 5.41) is -0.382. The van der Waals surface area contributed by atoms with Crippen molar-refractivity contribution in [2.24, 2.45) is 11.7 Å². The van der Waals surface area contributed by atoms with Crippen molar-refractivity contribution in [2.75, 3.05) is 30.9 Å². The second-order valence-electron chi connectivity index (χ2n) is 6.19. The van der Waals surface area contributed by atoms with Crippen LogP contribution in [0.4, 0.5) is 0 Å². The van der Waals surface area contributed by atoms with E-state index in [0.717, 1.165) is 25.1 Å². The van der Waals surface area contributed by atoms with E-state index in [2.05, 4.69) is 25.7 Å². The summed E-state index contributed by atoms with van der Waals surface area (Å²) in [4.78, 5) is 2.14. The molecule has 0 radical (unpaired) electrons. The molecule has 6 heteroatoms. The molecule has 0 bridgehead atoms. The Kier molecular flexibility index (Phi) is 6.17. The summed E-state index contributed by atoms with van der Waals surface area (Å²) >= 11 is 1.72. The molecular formula is C13H28N2O2S2. The Bertz CT molecular complexity index is 384. The topological polar surface area (TPSA) is 63.4 Å². The molecule has 1 aliphatic rings. The number of rotatable bonds is 6. The number of hydrogen-bond acceptors (Lipinski definition) is 5. The molecule has 0 saturated carbocycles. The highest BCUT2D eigenvalue weighted by Gasteiger charge is 2.41. The molecule has 0 aliphatic carbocycles. The predicted octanol–water partition coefficient (Wildman–Crippen LogP) is 1.56. The number of thioether (sulfide) groups is 1. The van der Waals surface area contributed by atoms with Gasteiger partial charge in [-0.3, -0.25) is 4.90 Å².